The largest absolute Gasteiger partial charge is 0.406 e. The van der Waals surface area contributed by atoms with E-state index in [1.165, 1.54) is 0 Å². The van der Waals surface area contributed by atoms with Crippen LogP contribution in [0.1, 0.15) is 46.0 Å². The summed E-state index contributed by atoms with van der Waals surface area (Å²) in [5, 5.41) is 11.7. The Morgan fingerprint density at radius 3 is 2.61 bits per heavy atom. The number of nitrogens with zero attached hydrogens (tertiary/aromatic N) is 3. The van der Waals surface area contributed by atoms with Gasteiger partial charge in [0.2, 0.25) is 5.89 Å². The van der Waals surface area contributed by atoms with Crippen LogP contribution in [0.5, 0.6) is 0 Å². The van der Waals surface area contributed by atoms with Gasteiger partial charge < -0.3 is 14.6 Å². The zero-order valence-electron chi connectivity index (χ0n) is 11.8. The van der Waals surface area contributed by atoms with E-state index < -0.39 is 0 Å². The van der Waals surface area contributed by atoms with Crippen molar-refractivity contribution < 1.29 is 4.42 Å². The standard InChI is InChI=1S/C13H24N4O/c1-5-6-14-11(4)12-15-16-13(18-12)17-7-9(2)10(3)8-17/h9-11,14H,5-8H2,1-4H3. The smallest absolute Gasteiger partial charge is 0.318 e. The third kappa shape index (κ3) is 2.83. The second-order valence-electron chi connectivity index (χ2n) is 5.46. The van der Waals surface area contributed by atoms with Crippen LogP contribution in [0.4, 0.5) is 6.01 Å². The van der Waals surface area contributed by atoms with Crippen LogP contribution in [-0.4, -0.2) is 29.8 Å². The minimum atomic E-state index is 0.128. The highest BCUT2D eigenvalue weighted by molar-refractivity contribution is 5.27. The van der Waals surface area contributed by atoms with Gasteiger partial charge in [-0.15, -0.1) is 5.10 Å². The Hall–Kier alpha value is -1.10. The topological polar surface area (TPSA) is 54.2 Å². The van der Waals surface area contributed by atoms with E-state index in [0.717, 1.165) is 26.1 Å². The zero-order valence-corrected chi connectivity index (χ0v) is 11.8. The van der Waals surface area contributed by atoms with Crippen LogP contribution in [0.15, 0.2) is 4.42 Å². The van der Waals surface area contributed by atoms with E-state index in [4.69, 9.17) is 4.42 Å². The summed E-state index contributed by atoms with van der Waals surface area (Å²) in [6.45, 7) is 11.7. The molecule has 0 spiro atoms. The number of anilines is 1. The fourth-order valence-electron chi connectivity index (χ4n) is 2.26. The first-order chi connectivity index (χ1) is 8.61. The molecule has 0 saturated carbocycles. The minimum Gasteiger partial charge on any atom is -0.406 e. The summed E-state index contributed by atoms with van der Waals surface area (Å²) in [5.41, 5.74) is 0. The Morgan fingerprint density at radius 1 is 1.33 bits per heavy atom. The maximum atomic E-state index is 5.76. The van der Waals surface area contributed by atoms with Crippen molar-refractivity contribution in [1.82, 2.24) is 15.5 Å². The summed E-state index contributed by atoms with van der Waals surface area (Å²) in [7, 11) is 0. The van der Waals surface area contributed by atoms with Gasteiger partial charge in [-0.2, -0.15) is 0 Å². The predicted molar refractivity (Wildman–Crippen MR) is 71.5 cm³/mol. The molecule has 0 radical (unpaired) electrons. The predicted octanol–water partition coefficient (Wildman–Crippen LogP) is 2.22. The summed E-state index contributed by atoms with van der Waals surface area (Å²) in [6, 6.07) is 0.801. The molecule has 3 atom stereocenters. The number of hydrogen-bond acceptors (Lipinski definition) is 5. The Labute approximate surface area is 109 Å². The van der Waals surface area contributed by atoms with Crippen molar-refractivity contribution in [3.05, 3.63) is 5.89 Å². The van der Waals surface area contributed by atoms with Crippen molar-refractivity contribution in [2.45, 2.75) is 40.2 Å². The lowest BCUT2D eigenvalue weighted by Crippen LogP contribution is -2.20. The lowest BCUT2D eigenvalue weighted by Gasteiger charge is -2.12. The number of nitrogens with one attached hydrogen (secondary N) is 1. The highest BCUT2D eigenvalue weighted by atomic mass is 16.4. The third-order valence-corrected chi connectivity index (χ3v) is 3.76. The summed E-state index contributed by atoms with van der Waals surface area (Å²) in [4.78, 5) is 2.19. The maximum absolute atomic E-state index is 5.76. The van der Waals surface area contributed by atoms with E-state index >= 15 is 0 Å². The van der Waals surface area contributed by atoms with Crippen LogP contribution < -0.4 is 10.2 Å². The molecule has 2 heterocycles. The molecule has 1 fully saturated rings. The molecule has 3 unspecified atom stereocenters. The van der Waals surface area contributed by atoms with Gasteiger partial charge in [0.25, 0.3) is 0 Å². The number of rotatable bonds is 5. The molecular formula is C13H24N4O. The first-order valence-electron chi connectivity index (χ1n) is 6.93. The normalized spacial score (nSPS) is 25.7. The molecule has 2 rings (SSSR count). The molecule has 1 aliphatic rings. The lowest BCUT2D eigenvalue weighted by atomic mass is 10.0. The molecule has 1 saturated heterocycles. The van der Waals surface area contributed by atoms with Gasteiger partial charge in [-0.25, -0.2) is 0 Å². The molecular weight excluding hydrogens is 228 g/mol. The molecule has 0 bridgehead atoms. The van der Waals surface area contributed by atoms with Gasteiger partial charge >= 0.3 is 6.01 Å². The SMILES string of the molecule is CCCNC(C)c1nnc(N2CC(C)C(C)C2)o1. The van der Waals surface area contributed by atoms with Crippen LogP contribution in [0, 0.1) is 11.8 Å². The molecule has 0 aromatic carbocycles. The lowest BCUT2D eigenvalue weighted by molar-refractivity contribution is 0.416. The van der Waals surface area contributed by atoms with Crippen molar-refractivity contribution in [2.75, 3.05) is 24.5 Å². The van der Waals surface area contributed by atoms with Gasteiger partial charge in [0, 0.05) is 13.1 Å². The second-order valence-corrected chi connectivity index (χ2v) is 5.46. The maximum Gasteiger partial charge on any atom is 0.318 e. The van der Waals surface area contributed by atoms with Crippen LogP contribution >= 0.6 is 0 Å². The van der Waals surface area contributed by atoms with Crippen molar-refractivity contribution in [3.8, 4) is 0 Å². The van der Waals surface area contributed by atoms with Crippen LogP contribution in [0.2, 0.25) is 0 Å². The fraction of sp³-hybridized carbons (Fsp3) is 0.846. The Balaban J connectivity index is 1.98. The van der Waals surface area contributed by atoms with Crippen LogP contribution in [0.25, 0.3) is 0 Å². The molecule has 0 amide bonds. The summed E-state index contributed by atoms with van der Waals surface area (Å²) in [6.07, 6.45) is 1.10. The van der Waals surface area contributed by atoms with E-state index in [-0.39, 0.29) is 6.04 Å². The molecule has 102 valence electrons. The average Bonchev–Trinajstić information content (AvgIpc) is 2.94. The molecule has 18 heavy (non-hydrogen) atoms. The Kier molecular flexibility index (Phi) is 4.22. The van der Waals surface area contributed by atoms with Crippen molar-refractivity contribution in [3.63, 3.8) is 0 Å². The van der Waals surface area contributed by atoms with E-state index in [1.807, 2.05) is 0 Å². The van der Waals surface area contributed by atoms with E-state index in [1.54, 1.807) is 0 Å². The molecule has 1 N–H and O–H groups in total. The van der Waals surface area contributed by atoms with Gasteiger partial charge in [-0.1, -0.05) is 25.9 Å². The fourth-order valence-corrected chi connectivity index (χ4v) is 2.26. The quantitative estimate of drug-likeness (QED) is 0.871. The van der Waals surface area contributed by atoms with Gasteiger partial charge in [-0.05, 0) is 31.7 Å². The molecule has 1 aromatic rings. The first-order valence-corrected chi connectivity index (χ1v) is 6.93. The highest BCUT2D eigenvalue weighted by Crippen LogP contribution is 2.27. The molecule has 1 aromatic heterocycles. The minimum absolute atomic E-state index is 0.128. The van der Waals surface area contributed by atoms with Crippen LogP contribution in [-0.2, 0) is 0 Å². The van der Waals surface area contributed by atoms with Crippen molar-refractivity contribution in [1.29, 1.82) is 0 Å². The van der Waals surface area contributed by atoms with Crippen molar-refractivity contribution >= 4 is 6.01 Å². The Morgan fingerprint density at radius 2 is 2.00 bits per heavy atom. The summed E-state index contributed by atoms with van der Waals surface area (Å²) in [5.74, 6) is 2.07. The van der Waals surface area contributed by atoms with E-state index in [9.17, 15) is 0 Å². The number of aromatic nitrogens is 2. The van der Waals surface area contributed by atoms with E-state index in [0.29, 0.717) is 23.7 Å². The molecule has 5 heteroatoms. The van der Waals surface area contributed by atoms with Gasteiger partial charge in [-0.3, -0.25) is 0 Å². The van der Waals surface area contributed by atoms with Gasteiger partial charge in [0.15, 0.2) is 0 Å². The van der Waals surface area contributed by atoms with E-state index in [2.05, 4.69) is 48.1 Å². The monoisotopic (exact) mass is 252 g/mol. The van der Waals surface area contributed by atoms with Gasteiger partial charge in [0.05, 0.1) is 6.04 Å². The van der Waals surface area contributed by atoms with Crippen LogP contribution in [0.3, 0.4) is 0 Å². The molecule has 1 aliphatic heterocycles. The van der Waals surface area contributed by atoms with Crippen molar-refractivity contribution in [2.24, 2.45) is 11.8 Å². The first kappa shape index (κ1) is 13.3. The van der Waals surface area contributed by atoms with Gasteiger partial charge in [0.1, 0.15) is 0 Å². The average molecular weight is 252 g/mol. The molecule has 0 aliphatic carbocycles. The zero-order chi connectivity index (χ0) is 13.1. The molecule has 5 nitrogen and oxygen atoms in total. The summed E-state index contributed by atoms with van der Waals surface area (Å²) < 4.78 is 5.76. The Bertz CT molecular complexity index is 369. The second kappa shape index (κ2) is 5.69. The number of hydrogen-bond donors (Lipinski definition) is 1. The summed E-state index contributed by atoms with van der Waals surface area (Å²) >= 11 is 0. The highest BCUT2D eigenvalue weighted by Gasteiger charge is 2.29. The third-order valence-electron chi connectivity index (χ3n) is 3.76.